The van der Waals surface area contributed by atoms with Gasteiger partial charge in [0.25, 0.3) is 0 Å². The second-order valence-electron chi connectivity index (χ2n) is 4.22. The summed E-state index contributed by atoms with van der Waals surface area (Å²) in [4.78, 5) is 0. The molecule has 1 N–H and O–H groups in total. The highest BCUT2D eigenvalue weighted by molar-refractivity contribution is 14.1. The van der Waals surface area contributed by atoms with Gasteiger partial charge in [-0.25, -0.2) is 0 Å². The molecule has 0 bridgehead atoms. The summed E-state index contributed by atoms with van der Waals surface area (Å²) in [6.45, 7) is 0. The number of halogens is 2. The average molecular weight is 372 g/mol. The predicted molar refractivity (Wildman–Crippen MR) is 86.1 cm³/mol. The second-order valence-corrected chi connectivity index (χ2v) is 5.91. The first-order valence-corrected chi connectivity index (χ1v) is 7.32. The Bertz CT molecular complexity index is 493. The Morgan fingerprint density at radius 3 is 2.22 bits per heavy atom. The number of hydrogen-bond donors (Lipinski definition) is 1. The first kappa shape index (κ1) is 13.8. The zero-order valence-electron chi connectivity index (χ0n) is 10.2. The molecular weight excluding hydrogens is 357 g/mol. The van der Waals surface area contributed by atoms with Gasteiger partial charge in [-0.2, -0.15) is 0 Å². The number of likely N-dealkylation sites (N-methyl/N-ethyl adjacent to an activating group) is 1. The minimum atomic E-state index is 0.322. The Labute approximate surface area is 127 Å². The van der Waals surface area contributed by atoms with Crippen LogP contribution in [0.5, 0.6) is 0 Å². The summed E-state index contributed by atoms with van der Waals surface area (Å²) >= 11 is 8.24. The summed E-state index contributed by atoms with van der Waals surface area (Å²) in [6.07, 6.45) is 0.981. The van der Waals surface area contributed by atoms with E-state index < -0.39 is 0 Å². The molecule has 0 saturated carbocycles. The fraction of sp³-hybridized carbons (Fsp3) is 0.200. The third-order valence-corrected chi connectivity index (χ3v) is 3.95. The van der Waals surface area contributed by atoms with E-state index in [0.717, 1.165) is 11.4 Å². The van der Waals surface area contributed by atoms with Gasteiger partial charge in [-0.1, -0.05) is 35.9 Å². The lowest BCUT2D eigenvalue weighted by atomic mass is 9.99. The Balaban J connectivity index is 2.14. The molecule has 0 radical (unpaired) electrons. The Morgan fingerprint density at radius 2 is 1.67 bits per heavy atom. The fourth-order valence-corrected chi connectivity index (χ4v) is 2.42. The van der Waals surface area contributed by atoms with Crippen LogP contribution in [0.1, 0.15) is 17.2 Å². The molecule has 1 atom stereocenters. The van der Waals surface area contributed by atoms with Crippen LogP contribution in [0.2, 0.25) is 5.02 Å². The molecule has 2 aromatic carbocycles. The van der Waals surface area contributed by atoms with E-state index in [1.807, 2.05) is 19.2 Å². The molecule has 2 rings (SSSR count). The monoisotopic (exact) mass is 371 g/mol. The summed E-state index contributed by atoms with van der Waals surface area (Å²) < 4.78 is 1.27. The molecule has 0 amide bonds. The molecule has 0 aliphatic carbocycles. The summed E-state index contributed by atoms with van der Waals surface area (Å²) in [7, 11) is 1.99. The van der Waals surface area contributed by atoms with Gasteiger partial charge >= 0.3 is 0 Å². The van der Waals surface area contributed by atoms with Crippen LogP contribution in [0.3, 0.4) is 0 Å². The molecule has 18 heavy (non-hydrogen) atoms. The predicted octanol–water partition coefficient (Wildman–Crippen LogP) is 4.45. The zero-order chi connectivity index (χ0) is 13.0. The SMILES string of the molecule is CNC(Cc1ccc(I)cc1)c1ccc(Cl)cc1. The van der Waals surface area contributed by atoms with Gasteiger partial charge < -0.3 is 5.32 Å². The van der Waals surface area contributed by atoms with E-state index in [0.29, 0.717) is 6.04 Å². The van der Waals surface area contributed by atoms with Crippen molar-refractivity contribution in [1.29, 1.82) is 0 Å². The van der Waals surface area contributed by atoms with Crippen LogP contribution in [0, 0.1) is 3.57 Å². The number of benzene rings is 2. The van der Waals surface area contributed by atoms with Crippen molar-refractivity contribution in [3.05, 3.63) is 68.3 Å². The van der Waals surface area contributed by atoms with Gasteiger partial charge in [-0.05, 0) is 71.5 Å². The second kappa shape index (κ2) is 6.55. The van der Waals surface area contributed by atoms with E-state index in [4.69, 9.17) is 11.6 Å². The molecule has 1 nitrogen and oxygen atoms in total. The van der Waals surface area contributed by atoms with Crippen molar-refractivity contribution < 1.29 is 0 Å². The molecule has 0 spiro atoms. The summed E-state index contributed by atoms with van der Waals surface area (Å²) in [5, 5.41) is 4.14. The van der Waals surface area contributed by atoms with E-state index >= 15 is 0 Å². The number of rotatable bonds is 4. The molecule has 94 valence electrons. The molecule has 0 aliphatic rings. The molecule has 0 fully saturated rings. The molecular formula is C15H15ClIN. The van der Waals surface area contributed by atoms with E-state index in [1.165, 1.54) is 14.7 Å². The van der Waals surface area contributed by atoms with Crippen LogP contribution >= 0.6 is 34.2 Å². The van der Waals surface area contributed by atoms with Crippen LogP contribution in [-0.4, -0.2) is 7.05 Å². The van der Waals surface area contributed by atoms with Crippen LogP contribution in [0.25, 0.3) is 0 Å². The highest BCUT2D eigenvalue weighted by Crippen LogP contribution is 2.20. The van der Waals surface area contributed by atoms with Crippen molar-refractivity contribution in [2.45, 2.75) is 12.5 Å². The standard InChI is InChI=1S/C15H15ClIN/c1-18-15(12-4-6-13(16)7-5-12)10-11-2-8-14(17)9-3-11/h2-9,15,18H,10H2,1H3. The van der Waals surface area contributed by atoms with Crippen LogP contribution < -0.4 is 5.32 Å². The van der Waals surface area contributed by atoms with Gasteiger partial charge in [0.2, 0.25) is 0 Å². The van der Waals surface area contributed by atoms with Gasteiger partial charge in [0.1, 0.15) is 0 Å². The average Bonchev–Trinajstić information content (AvgIpc) is 2.39. The zero-order valence-corrected chi connectivity index (χ0v) is 13.1. The minimum absolute atomic E-state index is 0.322. The van der Waals surface area contributed by atoms with Crippen molar-refractivity contribution in [2.24, 2.45) is 0 Å². The lowest BCUT2D eigenvalue weighted by molar-refractivity contribution is 0.592. The topological polar surface area (TPSA) is 12.0 Å². The minimum Gasteiger partial charge on any atom is -0.313 e. The Hall–Kier alpha value is -0.580. The normalized spacial score (nSPS) is 12.4. The highest BCUT2D eigenvalue weighted by Gasteiger charge is 2.09. The molecule has 0 saturated heterocycles. The maximum atomic E-state index is 5.92. The Morgan fingerprint density at radius 1 is 1.06 bits per heavy atom. The maximum Gasteiger partial charge on any atom is 0.0406 e. The lowest BCUT2D eigenvalue weighted by Gasteiger charge is -2.17. The van der Waals surface area contributed by atoms with Gasteiger partial charge in [0.05, 0.1) is 0 Å². The summed E-state index contributed by atoms with van der Waals surface area (Å²) in [5.41, 5.74) is 2.60. The van der Waals surface area contributed by atoms with Gasteiger partial charge in [-0.15, -0.1) is 0 Å². The van der Waals surface area contributed by atoms with E-state index in [2.05, 4.69) is 64.3 Å². The summed E-state index contributed by atoms with van der Waals surface area (Å²) in [6, 6.07) is 17.0. The first-order chi connectivity index (χ1) is 8.69. The third-order valence-electron chi connectivity index (χ3n) is 2.97. The van der Waals surface area contributed by atoms with Crippen molar-refractivity contribution in [3.8, 4) is 0 Å². The van der Waals surface area contributed by atoms with E-state index in [9.17, 15) is 0 Å². The van der Waals surface area contributed by atoms with Crippen LogP contribution in [-0.2, 0) is 6.42 Å². The molecule has 0 heterocycles. The van der Waals surface area contributed by atoms with Crippen molar-refractivity contribution >= 4 is 34.2 Å². The van der Waals surface area contributed by atoms with Gasteiger partial charge in [0, 0.05) is 14.6 Å². The molecule has 2 aromatic rings. The summed E-state index contributed by atoms with van der Waals surface area (Å²) in [5.74, 6) is 0. The third kappa shape index (κ3) is 3.70. The molecule has 0 aromatic heterocycles. The van der Waals surface area contributed by atoms with Crippen molar-refractivity contribution in [3.63, 3.8) is 0 Å². The number of hydrogen-bond acceptors (Lipinski definition) is 1. The van der Waals surface area contributed by atoms with Gasteiger partial charge in [0.15, 0.2) is 0 Å². The van der Waals surface area contributed by atoms with Crippen LogP contribution in [0.4, 0.5) is 0 Å². The highest BCUT2D eigenvalue weighted by atomic mass is 127. The number of nitrogens with one attached hydrogen (secondary N) is 1. The smallest absolute Gasteiger partial charge is 0.0406 e. The quantitative estimate of drug-likeness (QED) is 0.783. The fourth-order valence-electron chi connectivity index (χ4n) is 1.94. The van der Waals surface area contributed by atoms with Gasteiger partial charge in [-0.3, -0.25) is 0 Å². The largest absolute Gasteiger partial charge is 0.313 e. The van der Waals surface area contributed by atoms with Crippen molar-refractivity contribution in [2.75, 3.05) is 7.05 Å². The molecule has 3 heteroatoms. The van der Waals surface area contributed by atoms with E-state index in [-0.39, 0.29) is 0 Å². The van der Waals surface area contributed by atoms with E-state index in [1.54, 1.807) is 0 Å². The van der Waals surface area contributed by atoms with Crippen LogP contribution in [0.15, 0.2) is 48.5 Å². The first-order valence-electron chi connectivity index (χ1n) is 5.86. The maximum absolute atomic E-state index is 5.92. The molecule has 1 unspecified atom stereocenters. The Kier molecular flexibility index (Phi) is 5.03. The molecule has 0 aliphatic heterocycles. The van der Waals surface area contributed by atoms with Crippen molar-refractivity contribution in [1.82, 2.24) is 5.32 Å². The lowest BCUT2D eigenvalue weighted by Crippen LogP contribution is -2.18.